The van der Waals surface area contributed by atoms with Crippen LogP contribution in [0.3, 0.4) is 0 Å². The molecule has 0 bridgehead atoms. The van der Waals surface area contributed by atoms with Gasteiger partial charge < -0.3 is 9.84 Å². The first-order valence-corrected chi connectivity index (χ1v) is 8.65. The van der Waals surface area contributed by atoms with E-state index in [1.165, 1.54) is 18.2 Å². The maximum absolute atomic E-state index is 13.1. The van der Waals surface area contributed by atoms with Crippen molar-refractivity contribution in [2.75, 3.05) is 0 Å². The lowest BCUT2D eigenvalue weighted by Gasteiger charge is -2.16. The van der Waals surface area contributed by atoms with E-state index < -0.39 is 35.6 Å². The van der Waals surface area contributed by atoms with Crippen LogP contribution < -0.4 is 4.74 Å². The predicted octanol–water partition coefficient (Wildman–Crippen LogP) is 6.74. The first-order valence-electron chi connectivity index (χ1n) is 7.83. The monoisotopic (exact) mass is 418 g/mol. The first-order chi connectivity index (χ1) is 13.0. The van der Waals surface area contributed by atoms with Crippen molar-refractivity contribution in [1.82, 2.24) is 0 Å². The lowest BCUT2D eigenvalue weighted by molar-refractivity contribution is -0.142. The van der Waals surface area contributed by atoms with Gasteiger partial charge in [-0.1, -0.05) is 11.3 Å². The molecule has 2 nitrogen and oxygen atoms in total. The van der Waals surface area contributed by atoms with Gasteiger partial charge in [-0.15, -0.1) is 0 Å². The Balaban J connectivity index is 1.81. The van der Waals surface area contributed by atoms with Crippen molar-refractivity contribution in [2.45, 2.75) is 19.0 Å². The maximum atomic E-state index is 13.1. The largest absolute Gasteiger partial charge is 0.499 e. The van der Waals surface area contributed by atoms with Crippen molar-refractivity contribution in [2.24, 2.45) is 0 Å². The minimum atomic E-state index is -4.80. The minimum absolute atomic E-state index is 0.138. The molecular formula is C19H12F6O2S. The number of benzene rings is 2. The molecule has 0 aliphatic carbocycles. The molecule has 0 amide bonds. The lowest BCUT2D eigenvalue weighted by Crippen LogP contribution is -2.14. The van der Waals surface area contributed by atoms with Crippen LogP contribution in [0.1, 0.15) is 16.7 Å². The van der Waals surface area contributed by atoms with Gasteiger partial charge in [-0.05, 0) is 60.2 Å². The van der Waals surface area contributed by atoms with Gasteiger partial charge >= 0.3 is 12.4 Å². The molecule has 0 unspecified atom stereocenters. The Labute approximate surface area is 159 Å². The number of thiophene rings is 1. The van der Waals surface area contributed by atoms with E-state index in [1.807, 2.05) is 0 Å². The van der Waals surface area contributed by atoms with E-state index in [9.17, 15) is 31.4 Å². The fourth-order valence-electron chi connectivity index (χ4n) is 2.53. The van der Waals surface area contributed by atoms with Crippen LogP contribution >= 0.6 is 11.3 Å². The summed E-state index contributed by atoms with van der Waals surface area (Å²) in [7, 11) is 0. The van der Waals surface area contributed by atoms with Crippen molar-refractivity contribution in [3.8, 4) is 21.3 Å². The van der Waals surface area contributed by atoms with E-state index in [2.05, 4.69) is 0 Å². The molecule has 0 fully saturated rings. The van der Waals surface area contributed by atoms with Crippen LogP contribution in [0.2, 0.25) is 0 Å². The Hall–Kier alpha value is -2.68. The summed E-state index contributed by atoms with van der Waals surface area (Å²) in [4.78, 5) is 0.779. The SMILES string of the molecule is Oc1ccc(-c2ccc(OCc3cc(C(F)(F)F)ccc3C(F)(F)F)cc2)s1. The normalized spacial score (nSPS) is 12.2. The molecule has 2 aromatic carbocycles. The summed E-state index contributed by atoms with van der Waals surface area (Å²) in [6.45, 7) is -0.669. The van der Waals surface area contributed by atoms with Gasteiger partial charge in [0.2, 0.25) is 0 Å². The summed E-state index contributed by atoms with van der Waals surface area (Å²) < 4.78 is 83.0. The van der Waals surface area contributed by atoms with E-state index >= 15 is 0 Å². The molecular weight excluding hydrogens is 406 g/mol. The molecule has 9 heteroatoms. The maximum Gasteiger partial charge on any atom is 0.416 e. The Morgan fingerprint density at radius 2 is 1.50 bits per heavy atom. The lowest BCUT2D eigenvalue weighted by atomic mass is 10.0. The molecule has 148 valence electrons. The average Bonchev–Trinajstić information content (AvgIpc) is 3.05. The van der Waals surface area contributed by atoms with Crippen molar-refractivity contribution >= 4 is 11.3 Å². The van der Waals surface area contributed by atoms with Crippen LogP contribution in [0.5, 0.6) is 10.8 Å². The van der Waals surface area contributed by atoms with Gasteiger partial charge in [0.05, 0.1) is 11.1 Å². The summed E-state index contributed by atoms with van der Waals surface area (Å²) in [6, 6.07) is 10.7. The van der Waals surface area contributed by atoms with Gasteiger partial charge in [0.25, 0.3) is 0 Å². The van der Waals surface area contributed by atoms with Gasteiger partial charge in [0, 0.05) is 10.4 Å². The zero-order chi connectivity index (χ0) is 20.5. The van der Waals surface area contributed by atoms with Crippen LogP contribution in [-0.2, 0) is 19.0 Å². The van der Waals surface area contributed by atoms with Crippen LogP contribution in [0.15, 0.2) is 54.6 Å². The highest BCUT2D eigenvalue weighted by Gasteiger charge is 2.37. The van der Waals surface area contributed by atoms with Crippen molar-refractivity contribution < 1.29 is 36.2 Å². The van der Waals surface area contributed by atoms with Gasteiger partial charge in [-0.2, -0.15) is 26.3 Å². The molecule has 3 rings (SSSR count). The zero-order valence-electron chi connectivity index (χ0n) is 13.9. The number of ether oxygens (including phenoxy) is 1. The molecule has 0 saturated heterocycles. The molecule has 0 spiro atoms. The van der Waals surface area contributed by atoms with E-state index in [0.717, 1.165) is 21.8 Å². The number of hydrogen-bond acceptors (Lipinski definition) is 3. The summed E-state index contributed by atoms with van der Waals surface area (Å²) in [5.41, 5.74) is -2.19. The highest BCUT2D eigenvalue weighted by molar-refractivity contribution is 7.17. The van der Waals surface area contributed by atoms with Crippen LogP contribution in [0.4, 0.5) is 26.3 Å². The highest BCUT2D eigenvalue weighted by Crippen LogP contribution is 2.37. The topological polar surface area (TPSA) is 29.5 Å². The second-order valence-corrected chi connectivity index (χ2v) is 6.88. The summed E-state index contributed by atoms with van der Waals surface area (Å²) >= 11 is 1.15. The molecule has 1 aromatic heterocycles. The predicted molar refractivity (Wildman–Crippen MR) is 92.2 cm³/mol. The molecule has 1 heterocycles. The average molecular weight is 418 g/mol. The molecule has 0 aliphatic heterocycles. The van der Waals surface area contributed by atoms with Crippen LogP contribution in [0, 0.1) is 0 Å². The first kappa shape index (κ1) is 20.1. The number of halogens is 6. The quantitative estimate of drug-likeness (QED) is 0.476. The Kier molecular flexibility index (Phi) is 5.29. The standard InChI is InChI=1S/C19H12F6O2S/c20-18(21,22)13-3-6-15(19(23,24)25)12(9-13)10-27-14-4-1-11(2-5-14)16-7-8-17(26)28-16/h1-9,26H,10H2. The minimum Gasteiger partial charge on any atom is -0.499 e. The second-order valence-electron chi connectivity index (χ2n) is 5.82. The summed E-state index contributed by atoms with van der Waals surface area (Å²) in [5.74, 6) is 0.204. The molecule has 0 radical (unpaired) electrons. The van der Waals surface area contributed by atoms with Crippen molar-refractivity contribution in [3.05, 3.63) is 71.3 Å². The van der Waals surface area contributed by atoms with Gasteiger partial charge in [-0.3, -0.25) is 0 Å². The van der Waals surface area contributed by atoms with Crippen molar-refractivity contribution in [1.29, 1.82) is 0 Å². The smallest absolute Gasteiger partial charge is 0.416 e. The van der Waals surface area contributed by atoms with Gasteiger partial charge in [-0.25, -0.2) is 0 Å². The molecule has 0 atom stereocenters. The third-order valence-electron chi connectivity index (χ3n) is 3.86. The Morgan fingerprint density at radius 1 is 0.821 bits per heavy atom. The van der Waals surface area contributed by atoms with E-state index in [1.54, 1.807) is 18.2 Å². The number of rotatable bonds is 4. The molecule has 0 saturated carbocycles. The third kappa shape index (κ3) is 4.59. The summed E-state index contributed by atoms with van der Waals surface area (Å²) in [6.07, 6.45) is -9.55. The molecule has 28 heavy (non-hydrogen) atoms. The highest BCUT2D eigenvalue weighted by atomic mass is 32.1. The second kappa shape index (κ2) is 7.38. The van der Waals surface area contributed by atoms with Crippen LogP contribution in [-0.4, -0.2) is 5.11 Å². The fraction of sp³-hybridized carbons (Fsp3) is 0.158. The van der Waals surface area contributed by atoms with E-state index in [-0.39, 0.29) is 10.8 Å². The number of hydrogen-bond donors (Lipinski definition) is 1. The molecule has 1 N–H and O–H groups in total. The van der Waals surface area contributed by atoms with Crippen LogP contribution in [0.25, 0.3) is 10.4 Å². The zero-order valence-corrected chi connectivity index (χ0v) is 14.8. The number of alkyl halides is 6. The van der Waals surface area contributed by atoms with E-state index in [4.69, 9.17) is 4.74 Å². The molecule has 0 aliphatic rings. The molecule has 3 aromatic rings. The van der Waals surface area contributed by atoms with Crippen molar-refractivity contribution in [3.63, 3.8) is 0 Å². The Bertz CT molecular complexity index is 958. The third-order valence-corrected chi connectivity index (χ3v) is 4.80. The summed E-state index contributed by atoms with van der Waals surface area (Å²) in [5, 5.41) is 9.51. The van der Waals surface area contributed by atoms with E-state index in [0.29, 0.717) is 18.2 Å². The van der Waals surface area contributed by atoms with Gasteiger partial charge in [0.15, 0.2) is 5.06 Å². The Morgan fingerprint density at radius 3 is 2.04 bits per heavy atom. The fourth-order valence-corrected chi connectivity index (χ4v) is 3.28. The van der Waals surface area contributed by atoms with Gasteiger partial charge in [0.1, 0.15) is 12.4 Å². The number of aromatic hydroxyl groups is 1.